The molecule has 12 heteroatoms. The number of sulfonamides is 2. The maximum atomic E-state index is 12.2. The van der Waals surface area contributed by atoms with Crippen molar-refractivity contribution >= 4 is 25.7 Å². The van der Waals surface area contributed by atoms with E-state index >= 15 is 0 Å². The maximum Gasteiger partial charge on any atom is 0.245 e. The van der Waals surface area contributed by atoms with E-state index < -0.39 is 25.6 Å². The third-order valence-electron chi connectivity index (χ3n) is 12.3. The van der Waals surface area contributed by atoms with Gasteiger partial charge in [-0.25, -0.2) is 16.8 Å². The topological polar surface area (TPSA) is 112 Å². The molecule has 0 aromatic heterocycles. The van der Waals surface area contributed by atoms with Crippen LogP contribution in [0.2, 0.25) is 0 Å². The van der Waals surface area contributed by atoms with E-state index in [0.29, 0.717) is 23.0 Å². The zero-order valence-electron chi connectivity index (χ0n) is 27.0. The summed E-state index contributed by atoms with van der Waals surface area (Å²) in [5, 5.41) is 0. The van der Waals surface area contributed by atoms with E-state index in [-0.39, 0.29) is 28.5 Å². The van der Waals surface area contributed by atoms with Crippen LogP contribution in [0.1, 0.15) is 55.2 Å². The van der Waals surface area contributed by atoms with Gasteiger partial charge in [0.2, 0.25) is 20.0 Å². The number of anilines is 1. The molecule has 5 fully saturated rings. The van der Waals surface area contributed by atoms with Crippen LogP contribution in [0.15, 0.2) is 36.4 Å². The Hall–Kier alpha value is -2.38. The smallest absolute Gasteiger partial charge is 0.245 e. The van der Waals surface area contributed by atoms with Crippen molar-refractivity contribution in [1.82, 2.24) is 4.90 Å². The van der Waals surface area contributed by atoms with Crippen LogP contribution in [-0.2, 0) is 48.0 Å². The first-order valence-corrected chi connectivity index (χ1v) is 20.1. The van der Waals surface area contributed by atoms with Crippen LogP contribution in [0.5, 0.6) is 11.5 Å². The standard InChI is InChI=1S/C34H44N2O8S2/c1-41-27-12-9-24-17-28-32-13-14-34(42-2,31-33(32,29(24)30(27)44-31)15-16-35(28)19-22-5-6-22)25(18-32)21-43-20-23-7-10-26(11-8-23)36(45(3,37)38)46(4,39)40/h7-12,22,25,28,31H,5-6,13-21H2,1-4H3/t25-,28-,31-,32-,33+,34-/m1/s1. The van der Waals surface area contributed by atoms with Crippen LogP contribution in [-0.4, -0.2) is 85.9 Å². The van der Waals surface area contributed by atoms with Gasteiger partial charge in [0.25, 0.3) is 0 Å². The molecule has 250 valence electrons. The molecule has 7 aliphatic rings. The van der Waals surface area contributed by atoms with Gasteiger partial charge in [-0.2, -0.15) is 3.71 Å². The molecule has 2 aromatic carbocycles. The number of rotatable bonds is 11. The van der Waals surface area contributed by atoms with Gasteiger partial charge < -0.3 is 18.9 Å². The highest BCUT2D eigenvalue weighted by molar-refractivity contribution is 8.09. The Bertz CT molecular complexity index is 1750. The molecule has 2 aliphatic heterocycles. The van der Waals surface area contributed by atoms with Crippen molar-refractivity contribution < 1.29 is 35.8 Å². The molecule has 0 N–H and O–H groups in total. The van der Waals surface area contributed by atoms with Gasteiger partial charge in [-0.1, -0.05) is 18.2 Å². The average molecular weight is 673 g/mol. The van der Waals surface area contributed by atoms with E-state index in [9.17, 15) is 16.8 Å². The first-order valence-electron chi connectivity index (χ1n) is 16.4. The number of methoxy groups -OCH3 is 2. The van der Waals surface area contributed by atoms with Crippen LogP contribution in [0, 0.1) is 17.3 Å². The Kier molecular flexibility index (Phi) is 6.93. The summed E-state index contributed by atoms with van der Waals surface area (Å²) < 4.78 is 75.4. The summed E-state index contributed by atoms with van der Waals surface area (Å²) >= 11 is 0. The summed E-state index contributed by atoms with van der Waals surface area (Å²) in [5.41, 5.74) is 3.16. The molecular formula is C34H44N2O8S2. The SMILES string of the molecule is COc1ccc2c3c1O[C@H]1[C@@]4(OC)CC[C@@]5(C[C@@H]4COCc4ccc(N(S(C)(=O)=O)S(C)(=O)=O)cc4)[C@@H](C2)N(CC2CC2)CC[C@]315. The molecule has 10 nitrogen and oxygen atoms in total. The van der Waals surface area contributed by atoms with Crippen molar-refractivity contribution in [1.29, 1.82) is 0 Å². The lowest BCUT2D eigenvalue weighted by molar-refractivity contribution is -0.283. The predicted octanol–water partition coefficient (Wildman–Crippen LogP) is 3.86. The van der Waals surface area contributed by atoms with Crippen molar-refractivity contribution in [2.24, 2.45) is 17.3 Å². The highest BCUT2D eigenvalue weighted by atomic mass is 32.3. The van der Waals surface area contributed by atoms with Crippen LogP contribution in [0.3, 0.4) is 0 Å². The van der Waals surface area contributed by atoms with Crippen LogP contribution >= 0.6 is 0 Å². The minimum atomic E-state index is -4.01. The zero-order chi connectivity index (χ0) is 32.3. The lowest BCUT2D eigenvalue weighted by atomic mass is 9.35. The molecule has 6 atom stereocenters. The first kappa shape index (κ1) is 30.9. The molecule has 2 aromatic rings. The fourth-order valence-corrected chi connectivity index (χ4v) is 13.5. The number of hydrogen-bond donors (Lipinski definition) is 0. The summed E-state index contributed by atoms with van der Waals surface area (Å²) in [6.45, 7) is 3.09. The van der Waals surface area contributed by atoms with Gasteiger partial charge in [0, 0.05) is 42.0 Å². The second-order valence-corrected chi connectivity index (χ2v) is 18.5. The van der Waals surface area contributed by atoms with Gasteiger partial charge in [0.15, 0.2) is 11.5 Å². The van der Waals surface area contributed by atoms with Gasteiger partial charge in [0.05, 0.1) is 38.5 Å². The molecular weight excluding hydrogens is 629 g/mol. The maximum absolute atomic E-state index is 12.2. The number of piperidine rings is 1. The van der Waals surface area contributed by atoms with Crippen molar-refractivity contribution in [2.75, 3.05) is 50.1 Å². The Morgan fingerprint density at radius 2 is 1.72 bits per heavy atom. The predicted molar refractivity (Wildman–Crippen MR) is 173 cm³/mol. The summed E-state index contributed by atoms with van der Waals surface area (Å²) in [6.07, 6.45) is 9.48. The number of likely N-dealkylation sites (tertiary alicyclic amines) is 1. The number of ether oxygens (including phenoxy) is 4. The molecule has 46 heavy (non-hydrogen) atoms. The number of benzene rings is 2. The van der Waals surface area contributed by atoms with Crippen molar-refractivity contribution in [3.8, 4) is 11.5 Å². The van der Waals surface area contributed by atoms with Crippen LogP contribution in [0.25, 0.3) is 0 Å². The number of hydrogen-bond acceptors (Lipinski definition) is 9. The Balaban J connectivity index is 1.09. The lowest BCUT2D eigenvalue weighted by Gasteiger charge is -2.74. The summed E-state index contributed by atoms with van der Waals surface area (Å²) in [4.78, 5) is 2.83. The molecule has 4 saturated carbocycles. The third kappa shape index (κ3) is 4.22. The quantitative estimate of drug-likeness (QED) is 0.352. The van der Waals surface area contributed by atoms with Gasteiger partial charge in [-0.3, -0.25) is 4.90 Å². The van der Waals surface area contributed by atoms with Gasteiger partial charge in [-0.15, -0.1) is 0 Å². The lowest BCUT2D eigenvalue weighted by Crippen LogP contribution is -2.81. The van der Waals surface area contributed by atoms with E-state index in [1.807, 2.05) is 7.11 Å². The van der Waals surface area contributed by atoms with Gasteiger partial charge in [-0.05, 0) is 86.7 Å². The minimum absolute atomic E-state index is 0.0616. The Morgan fingerprint density at radius 1 is 0.978 bits per heavy atom. The highest BCUT2D eigenvalue weighted by Crippen LogP contribution is 2.76. The van der Waals surface area contributed by atoms with E-state index in [1.54, 1.807) is 19.2 Å². The largest absolute Gasteiger partial charge is 0.493 e. The van der Waals surface area contributed by atoms with E-state index in [2.05, 4.69) is 17.0 Å². The molecule has 2 spiro atoms. The van der Waals surface area contributed by atoms with Crippen LogP contribution < -0.4 is 13.2 Å². The van der Waals surface area contributed by atoms with Crippen molar-refractivity contribution in [2.45, 2.75) is 74.7 Å². The van der Waals surface area contributed by atoms with E-state index in [0.717, 1.165) is 74.1 Å². The molecule has 1 saturated heterocycles. The molecule has 4 bridgehead atoms. The first-order chi connectivity index (χ1) is 21.9. The van der Waals surface area contributed by atoms with E-state index in [1.165, 1.54) is 42.6 Å². The molecule has 5 aliphatic carbocycles. The van der Waals surface area contributed by atoms with Crippen molar-refractivity contribution in [3.05, 3.63) is 53.1 Å². The molecule has 2 heterocycles. The van der Waals surface area contributed by atoms with Gasteiger partial charge in [0.1, 0.15) is 11.7 Å². The van der Waals surface area contributed by atoms with Crippen molar-refractivity contribution in [3.63, 3.8) is 0 Å². The highest BCUT2D eigenvalue weighted by Gasteiger charge is 2.80. The molecule has 9 rings (SSSR count). The van der Waals surface area contributed by atoms with Crippen LogP contribution in [0.4, 0.5) is 5.69 Å². The number of nitrogens with zero attached hydrogens (tertiary/aromatic N) is 2. The fourth-order valence-electron chi connectivity index (χ4n) is 10.6. The summed E-state index contributed by atoms with van der Waals surface area (Å²) in [6, 6.07) is 11.3. The third-order valence-corrected chi connectivity index (χ3v) is 15.6. The Labute approximate surface area is 272 Å². The second kappa shape index (κ2) is 10.3. The van der Waals surface area contributed by atoms with E-state index in [4.69, 9.17) is 18.9 Å². The second-order valence-electron chi connectivity index (χ2n) is 14.6. The monoisotopic (exact) mass is 672 g/mol. The fraction of sp³-hybridized carbons (Fsp3) is 0.647. The average Bonchev–Trinajstić information content (AvgIpc) is 3.75. The summed E-state index contributed by atoms with van der Waals surface area (Å²) in [5.74, 6) is 2.68. The molecule has 0 radical (unpaired) electrons. The molecule has 0 amide bonds. The van der Waals surface area contributed by atoms with Gasteiger partial charge >= 0.3 is 0 Å². The number of fused-ring (bicyclic) bond motifs is 2. The normalized spacial score (nSPS) is 34.2. The molecule has 0 unspecified atom stereocenters. The minimum Gasteiger partial charge on any atom is -0.493 e. The Morgan fingerprint density at radius 3 is 2.37 bits per heavy atom. The zero-order valence-corrected chi connectivity index (χ0v) is 28.7. The summed E-state index contributed by atoms with van der Waals surface area (Å²) in [7, 11) is -4.45.